The van der Waals surface area contributed by atoms with Gasteiger partial charge in [-0.05, 0) is 59.9 Å². The van der Waals surface area contributed by atoms with E-state index in [9.17, 15) is 4.79 Å². The Kier molecular flexibility index (Phi) is 9.16. The molecule has 6 rings (SSSR count). The maximum atomic E-state index is 15.1. The monoisotopic (exact) mass is 650 g/mol. The van der Waals surface area contributed by atoms with Gasteiger partial charge in [-0.2, -0.15) is 0 Å². The lowest BCUT2D eigenvalue weighted by molar-refractivity contribution is -0.116. The van der Waals surface area contributed by atoms with Crippen LogP contribution < -0.4 is 38.6 Å². The zero-order chi connectivity index (χ0) is 33.9. The van der Waals surface area contributed by atoms with E-state index in [1.807, 2.05) is 54.6 Å². The molecule has 4 aromatic carbocycles. The Morgan fingerprint density at radius 3 is 1.77 bits per heavy atom. The smallest absolute Gasteiger partial charge is 0.259 e. The minimum atomic E-state index is -0.888. The first kappa shape index (κ1) is 32.3. The number of ketones is 1. The van der Waals surface area contributed by atoms with E-state index in [1.165, 1.54) is 42.7 Å². The van der Waals surface area contributed by atoms with E-state index < -0.39 is 11.9 Å². The minimum Gasteiger partial charge on any atom is -0.493 e. The van der Waals surface area contributed by atoms with Crippen molar-refractivity contribution in [2.24, 2.45) is 0 Å². The van der Waals surface area contributed by atoms with Gasteiger partial charge in [-0.1, -0.05) is 42.5 Å². The number of methoxy groups -OCH3 is 6. The summed E-state index contributed by atoms with van der Waals surface area (Å²) in [5.74, 6) is 1.67. The van der Waals surface area contributed by atoms with Crippen LogP contribution in [0.4, 0.5) is 11.4 Å². The molecule has 0 spiro atoms. The summed E-state index contributed by atoms with van der Waals surface area (Å²) >= 11 is 0. The van der Waals surface area contributed by atoms with Crippen molar-refractivity contribution in [2.45, 2.75) is 24.8 Å². The molecule has 248 valence electrons. The molecule has 0 unspecified atom stereocenters. The van der Waals surface area contributed by atoms with Crippen LogP contribution in [0, 0.1) is 0 Å². The predicted octanol–water partition coefficient (Wildman–Crippen LogP) is 6.95. The molecule has 2 aliphatic rings. The van der Waals surface area contributed by atoms with Crippen molar-refractivity contribution in [3.8, 4) is 34.5 Å². The zero-order valence-corrected chi connectivity index (χ0v) is 27.8. The molecule has 0 saturated heterocycles. The van der Waals surface area contributed by atoms with Crippen molar-refractivity contribution in [2.75, 3.05) is 52.9 Å². The Labute approximate surface area is 279 Å². The number of Topliss-reactive ketones (excluding diaryl/α,β-unsaturated/α-hetero) is 1. The Hall–Kier alpha value is -5.64. The second-order valence-electron chi connectivity index (χ2n) is 11.4. The van der Waals surface area contributed by atoms with Crippen LogP contribution in [0.5, 0.6) is 34.5 Å². The van der Waals surface area contributed by atoms with Gasteiger partial charge in [-0.15, -0.1) is 0 Å². The first-order chi connectivity index (χ1) is 23.4. The number of hydrogen-bond acceptors (Lipinski definition) is 9. The number of carbonyl (C=O) groups is 2. The molecular formula is C38H38N2O8. The Morgan fingerprint density at radius 1 is 0.667 bits per heavy atom. The van der Waals surface area contributed by atoms with E-state index in [4.69, 9.17) is 28.4 Å². The molecule has 1 aliphatic heterocycles. The molecular weight excluding hydrogens is 612 g/mol. The number of para-hydroxylation sites is 2. The highest BCUT2D eigenvalue weighted by Crippen LogP contribution is 2.51. The SMILES string of the molecule is COc1cc(C(=O)N2c3ccccc3NC3=C(C(=O)C[C@@H](c4ccccc4)C3)[C@@H]2c2cc(OC)c(OC)c(OC)c2)cc(OC)c1OC. The van der Waals surface area contributed by atoms with Crippen molar-refractivity contribution in [1.29, 1.82) is 0 Å². The minimum absolute atomic E-state index is 0.0462. The maximum absolute atomic E-state index is 15.1. The second-order valence-corrected chi connectivity index (χ2v) is 11.4. The fourth-order valence-electron chi connectivity index (χ4n) is 6.69. The van der Waals surface area contributed by atoms with Gasteiger partial charge in [0.15, 0.2) is 28.8 Å². The fourth-order valence-corrected chi connectivity index (χ4v) is 6.69. The van der Waals surface area contributed by atoms with Crippen LogP contribution in [0.2, 0.25) is 0 Å². The van der Waals surface area contributed by atoms with Gasteiger partial charge in [0.2, 0.25) is 11.5 Å². The molecule has 1 amide bonds. The lowest BCUT2D eigenvalue weighted by atomic mass is 9.78. The van der Waals surface area contributed by atoms with Crippen molar-refractivity contribution in [3.05, 3.63) is 107 Å². The molecule has 48 heavy (non-hydrogen) atoms. The van der Waals surface area contributed by atoms with E-state index in [1.54, 1.807) is 29.2 Å². The molecule has 4 aromatic rings. The first-order valence-electron chi connectivity index (χ1n) is 15.5. The van der Waals surface area contributed by atoms with Gasteiger partial charge in [0.1, 0.15) is 0 Å². The van der Waals surface area contributed by atoms with Crippen molar-refractivity contribution < 1.29 is 38.0 Å². The van der Waals surface area contributed by atoms with E-state index in [2.05, 4.69) is 5.32 Å². The highest BCUT2D eigenvalue weighted by molar-refractivity contribution is 6.12. The van der Waals surface area contributed by atoms with E-state index in [0.29, 0.717) is 63.4 Å². The van der Waals surface area contributed by atoms with E-state index in [-0.39, 0.29) is 23.7 Å². The molecule has 1 aliphatic carbocycles. The molecule has 0 saturated carbocycles. The van der Waals surface area contributed by atoms with Crippen LogP contribution in [0.25, 0.3) is 0 Å². The van der Waals surface area contributed by atoms with Crippen LogP contribution in [0.1, 0.15) is 46.3 Å². The number of benzene rings is 4. The van der Waals surface area contributed by atoms with E-state index in [0.717, 1.165) is 11.3 Å². The topological polar surface area (TPSA) is 105 Å². The molecule has 0 bridgehead atoms. The molecule has 0 radical (unpaired) electrons. The Morgan fingerprint density at radius 2 is 1.21 bits per heavy atom. The number of rotatable bonds is 9. The molecule has 0 aromatic heterocycles. The van der Waals surface area contributed by atoms with Gasteiger partial charge in [0, 0.05) is 23.3 Å². The number of fused-ring (bicyclic) bond motifs is 1. The predicted molar refractivity (Wildman–Crippen MR) is 182 cm³/mol. The van der Waals surface area contributed by atoms with Gasteiger partial charge >= 0.3 is 0 Å². The van der Waals surface area contributed by atoms with Crippen LogP contribution >= 0.6 is 0 Å². The highest BCUT2D eigenvalue weighted by Gasteiger charge is 2.43. The first-order valence-corrected chi connectivity index (χ1v) is 15.5. The maximum Gasteiger partial charge on any atom is 0.259 e. The third-order valence-corrected chi connectivity index (χ3v) is 8.89. The van der Waals surface area contributed by atoms with Crippen molar-refractivity contribution in [3.63, 3.8) is 0 Å². The number of anilines is 2. The van der Waals surface area contributed by atoms with Crippen LogP contribution in [0.15, 0.2) is 90.1 Å². The number of ether oxygens (including phenoxy) is 6. The summed E-state index contributed by atoms with van der Waals surface area (Å²) in [5, 5.41) is 3.58. The van der Waals surface area contributed by atoms with E-state index >= 15 is 4.79 Å². The van der Waals surface area contributed by atoms with Gasteiger partial charge < -0.3 is 33.7 Å². The van der Waals surface area contributed by atoms with Crippen LogP contribution in [0.3, 0.4) is 0 Å². The Balaban J connectivity index is 1.63. The summed E-state index contributed by atoms with van der Waals surface area (Å²) in [6.07, 6.45) is 0.834. The number of hydrogen-bond donors (Lipinski definition) is 1. The summed E-state index contributed by atoms with van der Waals surface area (Å²) in [5.41, 5.74) is 4.43. The van der Waals surface area contributed by atoms with Crippen molar-refractivity contribution in [1.82, 2.24) is 0 Å². The summed E-state index contributed by atoms with van der Waals surface area (Å²) < 4.78 is 33.9. The largest absolute Gasteiger partial charge is 0.493 e. The normalized spacial score (nSPS) is 17.0. The zero-order valence-electron chi connectivity index (χ0n) is 27.8. The van der Waals surface area contributed by atoms with Crippen LogP contribution in [-0.2, 0) is 4.79 Å². The van der Waals surface area contributed by atoms with Crippen molar-refractivity contribution >= 4 is 23.1 Å². The number of allylic oxidation sites excluding steroid dienone is 1. The third-order valence-electron chi connectivity index (χ3n) is 8.89. The average molecular weight is 651 g/mol. The molecule has 2 atom stereocenters. The fraction of sp³-hybridized carbons (Fsp3) is 0.263. The number of carbonyl (C=O) groups excluding carboxylic acids is 2. The third kappa shape index (κ3) is 5.63. The average Bonchev–Trinajstić information content (AvgIpc) is 3.28. The summed E-state index contributed by atoms with van der Waals surface area (Å²) in [6, 6.07) is 23.5. The quantitative estimate of drug-likeness (QED) is 0.206. The second kappa shape index (κ2) is 13.6. The molecule has 0 fully saturated rings. The number of amides is 1. The molecule has 10 nitrogen and oxygen atoms in total. The van der Waals surface area contributed by atoms with Gasteiger partial charge in [0.25, 0.3) is 5.91 Å². The Bertz CT molecular complexity index is 1840. The van der Waals surface area contributed by atoms with Crippen LogP contribution in [-0.4, -0.2) is 54.3 Å². The summed E-state index contributed by atoms with van der Waals surface area (Å²) in [4.78, 5) is 31.2. The molecule has 1 heterocycles. The standard InChI is InChI=1S/C38H38N2O8/c1-43-30-18-24(19-31(44-2)36(30)47-5)35-34-27(16-23(17-29(34)41)22-12-8-7-9-13-22)39-26-14-10-11-15-28(26)40(35)38(42)25-20-32(45-3)37(48-6)33(21-25)46-4/h7-15,18-21,23,35,39H,16-17H2,1-6H3/t23-,35-/m0/s1. The van der Waals surface area contributed by atoms with Gasteiger partial charge in [-0.3, -0.25) is 14.5 Å². The molecule has 10 heteroatoms. The summed E-state index contributed by atoms with van der Waals surface area (Å²) in [7, 11) is 9.09. The van der Waals surface area contributed by atoms with Gasteiger partial charge in [-0.25, -0.2) is 0 Å². The number of nitrogens with zero attached hydrogens (tertiary/aromatic N) is 1. The summed E-state index contributed by atoms with van der Waals surface area (Å²) in [6.45, 7) is 0. The highest BCUT2D eigenvalue weighted by atomic mass is 16.5. The van der Waals surface area contributed by atoms with Gasteiger partial charge in [0.05, 0.1) is 60.1 Å². The lowest BCUT2D eigenvalue weighted by Crippen LogP contribution is -2.38. The lowest BCUT2D eigenvalue weighted by Gasteiger charge is -2.35. The molecule has 1 N–H and O–H groups in total. The number of nitrogens with one attached hydrogen (secondary N) is 1.